The normalized spacial score (nSPS) is 10.6. The molecule has 0 amide bonds. The number of carbonyl (C=O) groups is 1. The maximum Gasteiger partial charge on any atom is 0.133 e. The molecule has 0 aliphatic heterocycles. The molecule has 0 unspecified atom stereocenters. The molecule has 0 rings (SSSR count). The molecule has 0 heterocycles. The molecule has 0 bridgehead atoms. The third-order valence-electron chi connectivity index (χ3n) is 1.21. The van der Waals surface area contributed by atoms with Gasteiger partial charge in [0.2, 0.25) is 0 Å². The van der Waals surface area contributed by atoms with Crippen molar-refractivity contribution in [3.05, 3.63) is 11.6 Å². The van der Waals surface area contributed by atoms with Gasteiger partial charge in [-0.2, -0.15) is 0 Å². The molecule has 0 N–H and O–H groups in total. The topological polar surface area (TPSA) is 17.1 Å². The molecule has 0 saturated heterocycles. The summed E-state index contributed by atoms with van der Waals surface area (Å²) in [6.45, 7) is 2.01. The fourth-order valence-corrected chi connectivity index (χ4v) is 0.837. The van der Waals surface area contributed by atoms with Crippen molar-refractivity contribution >= 4 is 17.4 Å². The van der Waals surface area contributed by atoms with Gasteiger partial charge in [-0.05, 0) is 12.8 Å². The number of Topliss-reactive ketones (excluding diaryl/α,β-unsaturated/α-hetero) is 1. The standard InChI is InChI=1S/C8H13ClO/c1-2-5-8(10)6-3-4-7-9/h4,7H,2-3,5-6H2,1H3. The van der Waals surface area contributed by atoms with Crippen molar-refractivity contribution in [1.29, 1.82) is 0 Å². The third kappa shape index (κ3) is 5.83. The van der Waals surface area contributed by atoms with E-state index in [-0.39, 0.29) is 0 Å². The summed E-state index contributed by atoms with van der Waals surface area (Å²) >= 11 is 5.27. The number of ketones is 1. The van der Waals surface area contributed by atoms with Crippen LogP contribution in [0.3, 0.4) is 0 Å². The van der Waals surface area contributed by atoms with E-state index in [2.05, 4.69) is 0 Å². The summed E-state index contributed by atoms with van der Waals surface area (Å²) in [4.78, 5) is 10.8. The van der Waals surface area contributed by atoms with Crippen LogP contribution in [0.15, 0.2) is 11.6 Å². The van der Waals surface area contributed by atoms with Crippen molar-refractivity contribution in [2.24, 2.45) is 0 Å². The molecule has 0 aliphatic rings. The highest BCUT2D eigenvalue weighted by Crippen LogP contribution is 1.99. The molecule has 0 aromatic heterocycles. The van der Waals surface area contributed by atoms with Gasteiger partial charge in [-0.15, -0.1) is 0 Å². The fraction of sp³-hybridized carbons (Fsp3) is 0.625. The Morgan fingerprint density at radius 2 is 2.20 bits per heavy atom. The molecule has 0 radical (unpaired) electrons. The molecular formula is C8H13ClO. The van der Waals surface area contributed by atoms with Crippen molar-refractivity contribution in [2.75, 3.05) is 0 Å². The summed E-state index contributed by atoms with van der Waals surface area (Å²) in [5.74, 6) is 0.331. The van der Waals surface area contributed by atoms with Crippen LogP contribution in [0.4, 0.5) is 0 Å². The first kappa shape index (κ1) is 9.70. The molecule has 0 aliphatic carbocycles. The van der Waals surface area contributed by atoms with Gasteiger partial charge in [-0.3, -0.25) is 4.79 Å². The number of carbonyl (C=O) groups excluding carboxylic acids is 1. The van der Waals surface area contributed by atoms with Crippen LogP contribution in [0.5, 0.6) is 0 Å². The van der Waals surface area contributed by atoms with Gasteiger partial charge >= 0.3 is 0 Å². The minimum Gasteiger partial charge on any atom is -0.300 e. The number of rotatable bonds is 5. The zero-order valence-electron chi connectivity index (χ0n) is 6.27. The van der Waals surface area contributed by atoms with Crippen LogP contribution in [-0.2, 0) is 4.79 Å². The Balaban J connectivity index is 3.21. The average molecular weight is 161 g/mol. The minimum atomic E-state index is 0.331. The highest BCUT2D eigenvalue weighted by molar-refractivity contribution is 6.25. The second kappa shape index (κ2) is 6.81. The molecular weight excluding hydrogens is 148 g/mol. The highest BCUT2D eigenvalue weighted by atomic mass is 35.5. The summed E-state index contributed by atoms with van der Waals surface area (Å²) in [5.41, 5.74) is 1.46. The van der Waals surface area contributed by atoms with Crippen LogP contribution in [0.2, 0.25) is 0 Å². The summed E-state index contributed by atoms with van der Waals surface area (Å²) in [6.07, 6.45) is 4.87. The van der Waals surface area contributed by atoms with E-state index in [1.54, 1.807) is 6.08 Å². The quantitative estimate of drug-likeness (QED) is 0.605. The predicted molar refractivity (Wildman–Crippen MR) is 44.1 cm³/mol. The van der Waals surface area contributed by atoms with Gasteiger partial charge in [0.1, 0.15) is 5.78 Å². The predicted octanol–water partition coefficient (Wildman–Crippen LogP) is 2.89. The number of hydrogen-bond acceptors (Lipinski definition) is 1. The second-order valence-corrected chi connectivity index (χ2v) is 2.44. The summed E-state index contributed by atoms with van der Waals surface area (Å²) in [7, 11) is 0. The molecule has 0 aromatic carbocycles. The Bertz CT molecular complexity index is 118. The number of allylic oxidation sites excluding steroid dienone is 1. The maximum absolute atomic E-state index is 10.8. The first-order valence-electron chi connectivity index (χ1n) is 3.58. The Labute approximate surface area is 67.1 Å². The fourth-order valence-electron chi connectivity index (χ4n) is 0.711. The second-order valence-electron chi connectivity index (χ2n) is 2.19. The lowest BCUT2D eigenvalue weighted by atomic mass is 10.1. The van der Waals surface area contributed by atoms with E-state index in [1.807, 2.05) is 6.92 Å². The zero-order chi connectivity index (χ0) is 7.82. The molecule has 0 atom stereocenters. The van der Waals surface area contributed by atoms with Gasteiger partial charge in [-0.25, -0.2) is 0 Å². The molecule has 1 nitrogen and oxygen atoms in total. The van der Waals surface area contributed by atoms with E-state index >= 15 is 0 Å². The smallest absolute Gasteiger partial charge is 0.133 e. The van der Waals surface area contributed by atoms with Crippen LogP contribution in [0, 0.1) is 0 Å². The third-order valence-corrected chi connectivity index (χ3v) is 1.39. The average Bonchev–Trinajstić information content (AvgIpc) is 1.89. The van der Waals surface area contributed by atoms with E-state index in [0.29, 0.717) is 18.6 Å². The molecule has 0 spiro atoms. The van der Waals surface area contributed by atoms with E-state index in [4.69, 9.17) is 11.6 Å². The monoisotopic (exact) mass is 160 g/mol. The first-order valence-corrected chi connectivity index (χ1v) is 4.01. The lowest BCUT2D eigenvalue weighted by Crippen LogP contribution is -1.94. The Hall–Kier alpha value is -0.300. The molecule has 10 heavy (non-hydrogen) atoms. The SMILES string of the molecule is CCCC(=O)CCC=CCl. The molecule has 2 heteroatoms. The number of halogens is 1. The molecule has 0 aromatic rings. The van der Waals surface area contributed by atoms with Crippen LogP contribution < -0.4 is 0 Å². The first-order chi connectivity index (χ1) is 4.81. The van der Waals surface area contributed by atoms with E-state index in [9.17, 15) is 4.79 Å². The van der Waals surface area contributed by atoms with Crippen molar-refractivity contribution in [1.82, 2.24) is 0 Å². The minimum absolute atomic E-state index is 0.331. The Morgan fingerprint density at radius 3 is 2.70 bits per heavy atom. The van der Waals surface area contributed by atoms with Gasteiger partial charge in [0.25, 0.3) is 0 Å². The maximum atomic E-state index is 10.8. The Kier molecular flexibility index (Phi) is 6.61. The van der Waals surface area contributed by atoms with Crippen LogP contribution in [0.1, 0.15) is 32.6 Å². The van der Waals surface area contributed by atoms with Gasteiger partial charge in [0, 0.05) is 18.4 Å². The lowest BCUT2D eigenvalue weighted by Gasteiger charge is -1.92. The van der Waals surface area contributed by atoms with Crippen molar-refractivity contribution in [2.45, 2.75) is 32.6 Å². The number of hydrogen-bond donors (Lipinski definition) is 0. The van der Waals surface area contributed by atoms with Crippen LogP contribution in [0.25, 0.3) is 0 Å². The van der Waals surface area contributed by atoms with Gasteiger partial charge in [0.05, 0.1) is 0 Å². The van der Waals surface area contributed by atoms with E-state index in [1.165, 1.54) is 5.54 Å². The highest BCUT2D eigenvalue weighted by Gasteiger charge is 1.96. The molecule has 0 saturated carbocycles. The van der Waals surface area contributed by atoms with Gasteiger partial charge < -0.3 is 0 Å². The molecule has 0 fully saturated rings. The summed E-state index contributed by atoms with van der Waals surface area (Å²) in [6, 6.07) is 0. The lowest BCUT2D eigenvalue weighted by molar-refractivity contribution is -0.119. The largest absolute Gasteiger partial charge is 0.300 e. The van der Waals surface area contributed by atoms with Crippen LogP contribution in [-0.4, -0.2) is 5.78 Å². The van der Waals surface area contributed by atoms with Gasteiger partial charge in [0.15, 0.2) is 0 Å². The Morgan fingerprint density at radius 1 is 1.50 bits per heavy atom. The van der Waals surface area contributed by atoms with E-state index in [0.717, 1.165) is 12.8 Å². The van der Waals surface area contributed by atoms with Gasteiger partial charge in [-0.1, -0.05) is 24.6 Å². The zero-order valence-corrected chi connectivity index (χ0v) is 7.03. The van der Waals surface area contributed by atoms with E-state index < -0.39 is 0 Å². The van der Waals surface area contributed by atoms with Crippen molar-refractivity contribution < 1.29 is 4.79 Å². The van der Waals surface area contributed by atoms with Crippen LogP contribution >= 0.6 is 11.6 Å². The summed E-state index contributed by atoms with van der Waals surface area (Å²) < 4.78 is 0. The van der Waals surface area contributed by atoms with Crippen molar-refractivity contribution in [3.8, 4) is 0 Å². The van der Waals surface area contributed by atoms with Crippen molar-refractivity contribution in [3.63, 3.8) is 0 Å². The summed E-state index contributed by atoms with van der Waals surface area (Å²) in [5, 5.41) is 0. The molecule has 58 valence electrons.